The maximum absolute atomic E-state index is 14.2. The zero-order valence-corrected chi connectivity index (χ0v) is 16.1. The Hall–Kier alpha value is -3.19. The number of carbonyl (C=O) groups is 1. The van der Waals surface area contributed by atoms with Crippen molar-refractivity contribution in [2.24, 2.45) is 0 Å². The first-order valence-corrected chi connectivity index (χ1v) is 8.86. The molecule has 3 rings (SSSR count). The summed E-state index contributed by atoms with van der Waals surface area (Å²) in [5, 5.41) is 9.95. The Kier molecular flexibility index (Phi) is 6.06. The zero-order chi connectivity index (χ0) is 20.1. The van der Waals surface area contributed by atoms with Gasteiger partial charge in [-0.05, 0) is 44.4 Å². The lowest BCUT2D eigenvalue weighted by Gasteiger charge is -2.24. The topological polar surface area (TPSA) is 70.2 Å². The molecule has 2 aromatic carbocycles. The maximum Gasteiger partial charge on any atom is 0.242 e. The standard InChI is InChI=1S/C21H23FN4O2/c1-26(2)20(17-6-4-5-7-18(17)22)21(27)23-12-15-13-24-25-19(15)14-8-10-16(28-3)11-9-14/h4-11,13,20H,12H2,1-3H3,(H,23,27)(H,24,25)/t20-/m1/s1. The number of likely N-dealkylation sites (N-methyl/N-ethyl adjacent to an activating group) is 1. The van der Waals surface area contributed by atoms with Crippen LogP contribution in [0.2, 0.25) is 0 Å². The molecule has 146 valence electrons. The molecule has 0 bridgehead atoms. The molecule has 3 aromatic rings. The summed E-state index contributed by atoms with van der Waals surface area (Å²) in [5.74, 6) is 0.0763. The van der Waals surface area contributed by atoms with Gasteiger partial charge in [0.1, 0.15) is 17.6 Å². The molecule has 7 heteroatoms. The summed E-state index contributed by atoms with van der Waals surface area (Å²) in [6.45, 7) is 0.273. The van der Waals surface area contributed by atoms with E-state index in [1.54, 1.807) is 50.5 Å². The fourth-order valence-corrected chi connectivity index (χ4v) is 3.08. The number of halogens is 1. The third kappa shape index (κ3) is 4.20. The normalized spacial score (nSPS) is 12.0. The number of aromatic nitrogens is 2. The van der Waals surface area contributed by atoms with Crippen molar-refractivity contribution >= 4 is 5.91 Å². The third-order valence-corrected chi connectivity index (χ3v) is 4.51. The highest BCUT2D eigenvalue weighted by atomic mass is 19.1. The van der Waals surface area contributed by atoms with Gasteiger partial charge in [-0.1, -0.05) is 18.2 Å². The van der Waals surface area contributed by atoms with Gasteiger partial charge in [0.15, 0.2) is 0 Å². The largest absolute Gasteiger partial charge is 0.497 e. The van der Waals surface area contributed by atoms with E-state index in [1.165, 1.54) is 6.07 Å². The van der Waals surface area contributed by atoms with Gasteiger partial charge in [-0.2, -0.15) is 5.10 Å². The fourth-order valence-electron chi connectivity index (χ4n) is 3.08. The molecule has 1 heterocycles. The summed E-state index contributed by atoms with van der Waals surface area (Å²) < 4.78 is 19.4. The number of hydrogen-bond acceptors (Lipinski definition) is 4. The number of rotatable bonds is 7. The van der Waals surface area contributed by atoms with Crippen molar-refractivity contribution in [1.29, 1.82) is 0 Å². The molecule has 0 spiro atoms. The van der Waals surface area contributed by atoms with E-state index in [2.05, 4.69) is 15.5 Å². The lowest BCUT2D eigenvalue weighted by atomic mass is 10.0. The number of ether oxygens (including phenoxy) is 1. The minimum absolute atomic E-state index is 0.273. The summed E-state index contributed by atoms with van der Waals surface area (Å²) in [7, 11) is 5.11. The molecule has 0 saturated carbocycles. The van der Waals surface area contributed by atoms with Gasteiger partial charge in [-0.25, -0.2) is 4.39 Å². The zero-order valence-electron chi connectivity index (χ0n) is 16.1. The predicted molar refractivity (Wildman–Crippen MR) is 105 cm³/mol. The monoisotopic (exact) mass is 382 g/mol. The van der Waals surface area contributed by atoms with E-state index in [-0.39, 0.29) is 12.5 Å². The van der Waals surface area contributed by atoms with Crippen molar-refractivity contribution in [1.82, 2.24) is 20.4 Å². The summed E-state index contributed by atoms with van der Waals surface area (Å²) in [5.41, 5.74) is 2.92. The summed E-state index contributed by atoms with van der Waals surface area (Å²) >= 11 is 0. The van der Waals surface area contributed by atoms with E-state index in [9.17, 15) is 9.18 Å². The summed E-state index contributed by atoms with van der Waals surface area (Å²) in [4.78, 5) is 14.5. The van der Waals surface area contributed by atoms with Crippen molar-refractivity contribution < 1.29 is 13.9 Å². The highest BCUT2D eigenvalue weighted by Crippen LogP contribution is 2.25. The third-order valence-electron chi connectivity index (χ3n) is 4.51. The summed E-state index contributed by atoms with van der Waals surface area (Å²) in [6, 6.07) is 13.1. The number of carbonyl (C=O) groups excluding carboxylic acids is 1. The van der Waals surface area contributed by atoms with Crippen molar-refractivity contribution in [2.45, 2.75) is 12.6 Å². The molecule has 0 radical (unpaired) electrons. The van der Waals surface area contributed by atoms with Crippen LogP contribution in [-0.4, -0.2) is 42.2 Å². The highest BCUT2D eigenvalue weighted by Gasteiger charge is 2.25. The summed E-state index contributed by atoms with van der Waals surface area (Å²) in [6.07, 6.45) is 1.67. The van der Waals surface area contributed by atoms with E-state index >= 15 is 0 Å². The van der Waals surface area contributed by atoms with Crippen LogP contribution in [0.15, 0.2) is 54.7 Å². The second-order valence-corrected chi connectivity index (χ2v) is 6.60. The Balaban J connectivity index is 1.75. The van der Waals surface area contributed by atoms with E-state index in [0.717, 1.165) is 22.6 Å². The first-order valence-electron chi connectivity index (χ1n) is 8.86. The Labute approximate surface area is 163 Å². The van der Waals surface area contributed by atoms with Crippen LogP contribution in [0.1, 0.15) is 17.2 Å². The van der Waals surface area contributed by atoms with Crippen molar-refractivity contribution in [3.63, 3.8) is 0 Å². The second-order valence-electron chi connectivity index (χ2n) is 6.60. The number of hydrogen-bond donors (Lipinski definition) is 2. The maximum atomic E-state index is 14.2. The number of methoxy groups -OCH3 is 1. The SMILES string of the molecule is COc1ccc(-c2[nH]ncc2CNC(=O)[C@@H](c2ccccc2F)N(C)C)cc1. The molecular formula is C21H23FN4O2. The quantitative estimate of drug-likeness (QED) is 0.659. The fraction of sp³-hybridized carbons (Fsp3) is 0.238. The van der Waals surface area contributed by atoms with Gasteiger partial charge in [0, 0.05) is 23.2 Å². The van der Waals surface area contributed by atoms with Gasteiger partial charge in [0.25, 0.3) is 0 Å². The van der Waals surface area contributed by atoms with Crippen molar-refractivity contribution in [2.75, 3.05) is 21.2 Å². The Morgan fingerprint density at radius 3 is 2.57 bits per heavy atom. The minimum atomic E-state index is -0.725. The van der Waals surface area contributed by atoms with Crippen LogP contribution in [0.5, 0.6) is 5.75 Å². The first kappa shape index (κ1) is 19.6. The molecule has 1 aromatic heterocycles. The number of nitrogens with zero attached hydrogens (tertiary/aromatic N) is 2. The number of H-pyrrole nitrogens is 1. The van der Waals surface area contributed by atoms with Crippen molar-refractivity contribution in [3.8, 4) is 17.0 Å². The van der Waals surface area contributed by atoms with E-state index in [1.807, 2.05) is 24.3 Å². The van der Waals surface area contributed by atoms with Gasteiger partial charge >= 0.3 is 0 Å². The van der Waals surface area contributed by atoms with Crippen LogP contribution in [0, 0.1) is 5.82 Å². The molecule has 1 amide bonds. The van der Waals surface area contributed by atoms with Gasteiger partial charge in [-0.3, -0.25) is 14.8 Å². The molecule has 28 heavy (non-hydrogen) atoms. The molecule has 0 fully saturated rings. The van der Waals surface area contributed by atoms with Crippen LogP contribution in [0.25, 0.3) is 11.3 Å². The molecular weight excluding hydrogens is 359 g/mol. The molecule has 0 saturated heterocycles. The Morgan fingerprint density at radius 1 is 1.21 bits per heavy atom. The van der Waals surface area contributed by atoms with E-state index in [0.29, 0.717) is 5.56 Å². The average molecular weight is 382 g/mol. The predicted octanol–water partition coefficient (Wildman–Crippen LogP) is 3.14. The van der Waals surface area contributed by atoms with Gasteiger partial charge < -0.3 is 10.1 Å². The molecule has 6 nitrogen and oxygen atoms in total. The van der Waals surface area contributed by atoms with Crippen LogP contribution >= 0.6 is 0 Å². The Morgan fingerprint density at radius 2 is 1.93 bits per heavy atom. The molecule has 0 unspecified atom stereocenters. The minimum Gasteiger partial charge on any atom is -0.497 e. The van der Waals surface area contributed by atoms with E-state index < -0.39 is 11.9 Å². The first-order chi connectivity index (χ1) is 13.5. The number of benzene rings is 2. The average Bonchev–Trinajstić information content (AvgIpc) is 3.16. The lowest BCUT2D eigenvalue weighted by molar-refractivity contribution is -0.126. The molecule has 1 atom stereocenters. The van der Waals surface area contributed by atoms with Crippen LogP contribution in [-0.2, 0) is 11.3 Å². The molecule has 0 aliphatic rings. The second kappa shape index (κ2) is 8.67. The van der Waals surface area contributed by atoms with Gasteiger partial charge in [0.2, 0.25) is 5.91 Å². The van der Waals surface area contributed by atoms with E-state index in [4.69, 9.17) is 4.74 Å². The molecule has 2 N–H and O–H groups in total. The Bertz CT molecular complexity index is 938. The number of nitrogens with one attached hydrogen (secondary N) is 2. The molecule has 0 aliphatic heterocycles. The van der Waals surface area contributed by atoms with Crippen LogP contribution < -0.4 is 10.1 Å². The number of amides is 1. The van der Waals surface area contributed by atoms with Gasteiger partial charge in [-0.15, -0.1) is 0 Å². The smallest absolute Gasteiger partial charge is 0.242 e. The lowest BCUT2D eigenvalue weighted by Crippen LogP contribution is -2.37. The molecule has 0 aliphatic carbocycles. The van der Waals surface area contributed by atoms with Crippen molar-refractivity contribution in [3.05, 3.63) is 71.7 Å². The van der Waals surface area contributed by atoms with Gasteiger partial charge in [0.05, 0.1) is 19.0 Å². The van der Waals surface area contributed by atoms with Crippen LogP contribution in [0.3, 0.4) is 0 Å². The highest BCUT2D eigenvalue weighted by molar-refractivity contribution is 5.83. The van der Waals surface area contributed by atoms with Crippen LogP contribution in [0.4, 0.5) is 4.39 Å². The number of aromatic amines is 1.